The van der Waals surface area contributed by atoms with Crippen LogP contribution in [0.4, 0.5) is 0 Å². The third kappa shape index (κ3) is 7.77. The summed E-state index contributed by atoms with van der Waals surface area (Å²) in [5.41, 5.74) is 0. The Morgan fingerprint density at radius 3 is 2.29 bits per heavy atom. The Balaban J connectivity index is 4.04. The van der Waals surface area contributed by atoms with Crippen molar-refractivity contribution in [3.05, 3.63) is 0 Å². The minimum Gasteiger partial charge on any atom is -0.463 e. The number of ether oxygens (including phenoxy) is 2. The van der Waals surface area contributed by atoms with Crippen LogP contribution in [0, 0.1) is 5.92 Å². The molecule has 0 aromatic heterocycles. The number of rotatable bonds is 8. The van der Waals surface area contributed by atoms with E-state index >= 15 is 0 Å². The van der Waals surface area contributed by atoms with Gasteiger partial charge in [-0.2, -0.15) is 0 Å². The number of hydrogen-bond acceptors (Lipinski definition) is 4. The summed E-state index contributed by atoms with van der Waals surface area (Å²) in [4.78, 5) is 23.0. The average molecular weight is 244 g/mol. The first-order valence-corrected chi connectivity index (χ1v) is 6.37. The summed E-state index contributed by atoms with van der Waals surface area (Å²) in [7, 11) is 0. The molecule has 0 aliphatic heterocycles. The second-order valence-electron chi connectivity index (χ2n) is 4.51. The summed E-state index contributed by atoms with van der Waals surface area (Å²) < 4.78 is 10.1. The van der Waals surface area contributed by atoms with Crippen LogP contribution in [-0.4, -0.2) is 24.6 Å². The highest BCUT2D eigenvalue weighted by Crippen LogP contribution is 2.06. The first-order chi connectivity index (χ1) is 8.01. The Morgan fingerprint density at radius 2 is 1.82 bits per heavy atom. The maximum atomic E-state index is 11.6. The Kier molecular flexibility index (Phi) is 8.46. The first-order valence-electron chi connectivity index (χ1n) is 6.37. The average Bonchev–Trinajstić information content (AvgIpc) is 2.30. The monoisotopic (exact) mass is 244 g/mol. The Labute approximate surface area is 104 Å². The van der Waals surface area contributed by atoms with Crippen LogP contribution in [0.1, 0.15) is 53.4 Å². The highest BCUT2D eigenvalue weighted by atomic mass is 16.6. The maximum absolute atomic E-state index is 11.6. The molecule has 0 aliphatic carbocycles. The molecule has 1 atom stereocenters. The SMILES string of the molecule is CCCCC(=O)O[C@@H](CC)C(=O)OCC(C)C. The molecule has 0 rings (SSSR count). The van der Waals surface area contributed by atoms with Crippen molar-refractivity contribution in [2.75, 3.05) is 6.61 Å². The standard InChI is InChI=1S/C13H24O4/c1-5-7-8-12(14)17-11(6-2)13(15)16-9-10(3)4/h10-11H,5-9H2,1-4H3/t11-/m0/s1. The Morgan fingerprint density at radius 1 is 1.18 bits per heavy atom. The van der Waals surface area contributed by atoms with Crippen molar-refractivity contribution < 1.29 is 19.1 Å². The molecule has 0 aliphatic rings. The van der Waals surface area contributed by atoms with Gasteiger partial charge >= 0.3 is 11.9 Å². The maximum Gasteiger partial charge on any atom is 0.347 e. The second kappa shape index (κ2) is 9.02. The van der Waals surface area contributed by atoms with Crippen molar-refractivity contribution >= 4 is 11.9 Å². The van der Waals surface area contributed by atoms with Crippen LogP contribution >= 0.6 is 0 Å². The van der Waals surface area contributed by atoms with Gasteiger partial charge in [-0.3, -0.25) is 4.79 Å². The molecule has 17 heavy (non-hydrogen) atoms. The van der Waals surface area contributed by atoms with E-state index < -0.39 is 12.1 Å². The summed E-state index contributed by atoms with van der Waals surface area (Å²) in [6, 6.07) is 0. The lowest BCUT2D eigenvalue weighted by Gasteiger charge is -2.16. The van der Waals surface area contributed by atoms with Crippen LogP contribution in [0.2, 0.25) is 0 Å². The molecule has 0 spiro atoms. The third-order valence-corrected chi connectivity index (χ3v) is 2.20. The van der Waals surface area contributed by atoms with E-state index in [1.165, 1.54) is 0 Å². The molecule has 0 aromatic rings. The van der Waals surface area contributed by atoms with E-state index in [9.17, 15) is 9.59 Å². The lowest BCUT2D eigenvalue weighted by molar-refractivity contribution is -0.168. The van der Waals surface area contributed by atoms with E-state index in [2.05, 4.69) is 0 Å². The molecule has 0 aromatic carbocycles. The lowest BCUT2D eigenvalue weighted by atomic mass is 10.2. The quantitative estimate of drug-likeness (QED) is 0.616. The predicted octanol–water partition coefficient (Wildman–Crippen LogP) is 2.70. The largest absolute Gasteiger partial charge is 0.463 e. The van der Waals surface area contributed by atoms with Gasteiger partial charge in [0.25, 0.3) is 0 Å². The number of esters is 2. The van der Waals surface area contributed by atoms with Crippen molar-refractivity contribution in [3.8, 4) is 0 Å². The predicted molar refractivity (Wildman–Crippen MR) is 65.5 cm³/mol. The van der Waals surface area contributed by atoms with Crippen molar-refractivity contribution in [3.63, 3.8) is 0 Å². The van der Waals surface area contributed by atoms with Crippen LogP contribution in [0.3, 0.4) is 0 Å². The summed E-state index contributed by atoms with van der Waals surface area (Å²) in [5, 5.41) is 0. The van der Waals surface area contributed by atoms with Gasteiger partial charge in [0.05, 0.1) is 6.61 Å². The summed E-state index contributed by atoms with van der Waals surface area (Å²) >= 11 is 0. The van der Waals surface area contributed by atoms with Crippen LogP contribution in [0.5, 0.6) is 0 Å². The van der Waals surface area contributed by atoms with Gasteiger partial charge in [-0.25, -0.2) is 4.79 Å². The van der Waals surface area contributed by atoms with Crippen molar-refractivity contribution in [1.29, 1.82) is 0 Å². The topological polar surface area (TPSA) is 52.6 Å². The van der Waals surface area contributed by atoms with Crippen molar-refractivity contribution in [2.24, 2.45) is 5.92 Å². The third-order valence-electron chi connectivity index (χ3n) is 2.20. The first kappa shape index (κ1) is 15.9. The van der Waals surface area contributed by atoms with Crippen LogP contribution in [-0.2, 0) is 19.1 Å². The molecule has 0 fully saturated rings. The summed E-state index contributed by atoms with van der Waals surface area (Å²) in [6.45, 7) is 8.08. The van der Waals surface area contributed by atoms with Gasteiger partial charge in [-0.1, -0.05) is 34.1 Å². The molecule has 4 heteroatoms. The van der Waals surface area contributed by atoms with Crippen LogP contribution in [0.15, 0.2) is 0 Å². The molecule has 0 bridgehead atoms. The smallest absolute Gasteiger partial charge is 0.347 e. The van der Waals surface area contributed by atoms with Gasteiger partial charge in [-0.05, 0) is 18.8 Å². The summed E-state index contributed by atoms with van der Waals surface area (Å²) in [6.07, 6.45) is 1.79. The number of hydrogen-bond donors (Lipinski definition) is 0. The molecule has 0 unspecified atom stereocenters. The molecular formula is C13H24O4. The highest BCUT2D eigenvalue weighted by Gasteiger charge is 2.22. The van der Waals surface area contributed by atoms with Gasteiger partial charge in [0.1, 0.15) is 0 Å². The van der Waals surface area contributed by atoms with E-state index in [4.69, 9.17) is 9.47 Å². The van der Waals surface area contributed by atoms with Gasteiger partial charge < -0.3 is 9.47 Å². The van der Waals surface area contributed by atoms with Gasteiger partial charge in [0, 0.05) is 6.42 Å². The zero-order valence-electron chi connectivity index (χ0n) is 11.3. The minimum absolute atomic E-state index is 0.284. The van der Waals surface area contributed by atoms with Gasteiger partial charge in [-0.15, -0.1) is 0 Å². The van der Waals surface area contributed by atoms with E-state index in [-0.39, 0.29) is 11.9 Å². The van der Waals surface area contributed by atoms with Crippen LogP contribution < -0.4 is 0 Å². The van der Waals surface area contributed by atoms with E-state index in [1.54, 1.807) is 6.92 Å². The van der Waals surface area contributed by atoms with E-state index in [0.29, 0.717) is 19.4 Å². The fourth-order valence-electron chi connectivity index (χ4n) is 1.18. The fraction of sp³-hybridized carbons (Fsp3) is 0.846. The fourth-order valence-corrected chi connectivity index (χ4v) is 1.18. The Bertz CT molecular complexity index is 236. The van der Waals surface area contributed by atoms with Gasteiger partial charge in [0.15, 0.2) is 6.10 Å². The zero-order chi connectivity index (χ0) is 13.3. The molecule has 0 saturated carbocycles. The molecular weight excluding hydrogens is 220 g/mol. The molecule has 0 amide bonds. The molecule has 0 radical (unpaired) electrons. The Hall–Kier alpha value is -1.06. The highest BCUT2D eigenvalue weighted by molar-refractivity contribution is 5.79. The molecule has 0 saturated heterocycles. The van der Waals surface area contributed by atoms with Crippen LogP contribution in [0.25, 0.3) is 0 Å². The number of unbranched alkanes of at least 4 members (excludes halogenated alkanes) is 1. The van der Waals surface area contributed by atoms with Crippen molar-refractivity contribution in [2.45, 2.75) is 59.5 Å². The van der Waals surface area contributed by atoms with E-state index in [0.717, 1.165) is 12.8 Å². The summed E-state index contributed by atoms with van der Waals surface area (Å²) in [5.74, 6) is -0.474. The molecule has 0 N–H and O–H groups in total. The normalized spacial score (nSPS) is 12.3. The van der Waals surface area contributed by atoms with Gasteiger partial charge in [0.2, 0.25) is 0 Å². The second-order valence-corrected chi connectivity index (χ2v) is 4.51. The molecule has 4 nitrogen and oxygen atoms in total. The number of carbonyl (C=O) groups excluding carboxylic acids is 2. The minimum atomic E-state index is -0.752. The molecule has 0 heterocycles. The molecule has 100 valence electrons. The van der Waals surface area contributed by atoms with E-state index in [1.807, 2.05) is 20.8 Å². The zero-order valence-corrected chi connectivity index (χ0v) is 11.3. The number of carbonyl (C=O) groups is 2. The lowest BCUT2D eigenvalue weighted by Crippen LogP contribution is -2.29. The van der Waals surface area contributed by atoms with Crippen molar-refractivity contribution in [1.82, 2.24) is 0 Å².